The molecule has 1 aromatic rings. The minimum absolute atomic E-state index is 0.193. The zero-order valence-electron chi connectivity index (χ0n) is 7.40. The van der Waals surface area contributed by atoms with Crippen molar-refractivity contribution >= 4 is 12.1 Å². The second kappa shape index (κ2) is 3.80. The van der Waals surface area contributed by atoms with Crippen LogP contribution in [0.5, 0.6) is 5.88 Å². The van der Waals surface area contributed by atoms with Gasteiger partial charge in [-0.25, -0.2) is 4.98 Å². The summed E-state index contributed by atoms with van der Waals surface area (Å²) < 4.78 is 4.83. The van der Waals surface area contributed by atoms with Gasteiger partial charge in [-0.1, -0.05) is 0 Å². The molecule has 1 aromatic heterocycles. The number of methoxy groups -OCH3 is 1. The van der Waals surface area contributed by atoms with Crippen LogP contribution < -0.4 is 4.74 Å². The number of hydrogen-bond acceptors (Lipinski definition) is 4. The smallest absolute Gasteiger partial charge is 0.214 e. The Morgan fingerprint density at radius 3 is 2.69 bits per heavy atom. The molecule has 0 aromatic carbocycles. The van der Waals surface area contributed by atoms with Crippen LogP contribution in [0.3, 0.4) is 0 Å². The van der Waals surface area contributed by atoms with Gasteiger partial charge in [-0.05, 0) is 6.07 Å². The summed E-state index contributed by atoms with van der Waals surface area (Å²) in [5, 5.41) is 0. The summed E-state index contributed by atoms with van der Waals surface area (Å²) in [6, 6.07) is 2.90. The van der Waals surface area contributed by atoms with E-state index in [0.29, 0.717) is 11.8 Å². The molecule has 13 heavy (non-hydrogen) atoms. The van der Waals surface area contributed by atoms with Crippen LogP contribution in [0.4, 0.5) is 0 Å². The molecule has 0 bridgehead atoms. The molecule has 0 unspecified atom stereocenters. The van der Waals surface area contributed by atoms with Crippen LogP contribution in [0.2, 0.25) is 0 Å². The quantitative estimate of drug-likeness (QED) is 0.515. The first-order valence-corrected chi connectivity index (χ1v) is 3.69. The van der Waals surface area contributed by atoms with Crippen LogP contribution in [-0.2, 0) is 0 Å². The van der Waals surface area contributed by atoms with Crippen molar-refractivity contribution in [3.05, 3.63) is 23.4 Å². The zero-order valence-corrected chi connectivity index (χ0v) is 7.40. The molecule has 4 nitrogen and oxygen atoms in total. The zero-order chi connectivity index (χ0) is 9.84. The minimum Gasteiger partial charge on any atom is -0.481 e. The number of ketones is 1. The van der Waals surface area contributed by atoms with E-state index < -0.39 is 0 Å². The van der Waals surface area contributed by atoms with Crippen LogP contribution in [0.25, 0.3) is 0 Å². The Bertz CT molecular complexity index is 347. The summed E-state index contributed by atoms with van der Waals surface area (Å²) in [7, 11) is 1.43. The summed E-state index contributed by atoms with van der Waals surface area (Å²) in [4.78, 5) is 25.3. The Labute approximate surface area is 75.5 Å². The SMILES string of the molecule is COc1cc(C=O)cc(C(C)=O)n1. The molecule has 0 aliphatic carbocycles. The van der Waals surface area contributed by atoms with Crippen LogP contribution in [0.15, 0.2) is 12.1 Å². The first kappa shape index (κ1) is 9.38. The number of aldehydes is 1. The Morgan fingerprint density at radius 2 is 2.23 bits per heavy atom. The number of hydrogen-bond donors (Lipinski definition) is 0. The van der Waals surface area contributed by atoms with Gasteiger partial charge in [0.05, 0.1) is 7.11 Å². The van der Waals surface area contributed by atoms with E-state index >= 15 is 0 Å². The van der Waals surface area contributed by atoms with E-state index in [-0.39, 0.29) is 17.4 Å². The monoisotopic (exact) mass is 179 g/mol. The molecule has 0 aliphatic heterocycles. The fourth-order valence-electron chi connectivity index (χ4n) is 0.878. The molecule has 0 amide bonds. The summed E-state index contributed by atoms with van der Waals surface area (Å²) in [6.45, 7) is 1.39. The maximum Gasteiger partial charge on any atom is 0.214 e. The van der Waals surface area contributed by atoms with Crippen molar-refractivity contribution < 1.29 is 14.3 Å². The number of carbonyl (C=O) groups excluding carboxylic acids is 2. The van der Waals surface area contributed by atoms with E-state index in [0.717, 1.165) is 0 Å². The van der Waals surface area contributed by atoms with Gasteiger partial charge in [0.2, 0.25) is 5.88 Å². The highest BCUT2D eigenvalue weighted by Crippen LogP contribution is 2.11. The molecule has 4 heteroatoms. The van der Waals surface area contributed by atoms with E-state index in [2.05, 4.69) is 4.98 Å². The molecule has 0 radical (unpaired) electrons. The summed E-state index contributed by atoms with van der Waals surface area (Å²) in [5.41, 5.74) is 0.624. The highest BCUT2D eigenvalue weighted by atomic mass is 16.5. The first-order valence-electron chi connectivity index (χ1n) is 3.69. The van der Waals surface area contributed by atoms with Crippen molar-refractivity contribution in [1.82, 2.24) is 4.98 Å². The second-order valence-corrected chi connectivity index (χ2v) is 2.50. The fraction of sp³-hybridized carbons (Fsp3) is 0.222. The summed E-state index contributed by atoms with van der Waals surface area (Å²) in [5.74, 6) is 0.0804. The molecule has 0 saturated carbocycles. The Hall–Kier alpha value is -1.71. The lowest BCUT2D eigenvalue weighted by atomic mass is 10.2. The Kier molecular flexibility index (Phi) is 2.74. The molecule has 0 saturated heterocycles. The molecular weight excluding hydrogens is 170 g/mol. The second-order valence-electron chi connectivity index (χ2n) is 2.50. The van der Waals surface area contributed by atoms with E-state index in [4.69, 9.17) is 4.74 Å². The molecule has 68 valence electrons. The van der Waals surface area contributed by atoms with E-state index in [9.17, 15) is 9.59 Å². The fourth-order valence-corrected chi connectivity index (χ4v) is 0.878. The van der Waals surface area contributed by atoms with Crippen molar-refractivity contribution in [3.63, 3.8) is 0 Å². The van der Waals surface area contributed by atoms with Gasteiger partial charge in [-0.3, -0.25) is 9.59 Å². The third-order valence-corrected chi connectivity index (χ3v) is 1.53. The molecule has 0 atom stereocenters. The number of ether oxygens (including phenoxy) is 1. The standard InChI is InChI=1S/C9H9NO3/c1-6(12)8-3-7(5-11)4-9(10-8)13-2/h3-5H,1-2H3. The van der Waals surface area contributed by atoms with E-state index in [1.807, 2.05) is 0 Å². The molecule has 0 N–H and O–H groups in total. The number of Topliss-reactive ketones (excluding diaryl/α,β-unsaturated/α-hetero) is 1. The predicted octanol–water partition coefficient (Wildman–Crippen LogP) is 1.11. The highest BCUT2D eigenvalue weighted by Gasteiger charge is 2.05. The number of aromatic nitrogens is 1. The number of pyridine rings is 1. The Morgan fingerprint density at radius 1 is 1.54 bits per heavy atom. The average Bonchev–Trinajstić information content (AvgIpc) is 2.16. The Balaban J connectivity index is 3.22. The molecule has 0 fully saturated rings. The van der Waals surface area contributed by atoms with Crippen molar-refractivity contribution in [2.24, 2.45) is 0 Å². The van der Waals surface area contributed by atoms with Crippen molar-refractivity contribution in [1.29, 1.82) is 0 Å². The van der Waals surface area contributed by atoms with Crippen molar-refractivity contribution in [3.8, 4) is 5.88 Å². The normalized spacial score (nSPS) is 9.38. The van der Waals surface area contributed by atoms with Gasteiger partial charge in [-0.15, -0.1) is 0 Å². The lowest BCUT2D eigenvalue weighted by Gasteiger charge is -2.01. The first-order chi connectivity index (χ1) is 6.17. The van der Waals surface area contributed by atoms with Gasteiger partial charge in [0.25, 0.3) is 0 Å². The number of rotatable bonds is 3. The van der Waals surface area contributed by atoms with Gasteiger partial charge in [0, 0.05) is 18.6 Å². The third-order valence-electron chi connectivity index (χ3n) is 1.53. The molecule has 1 rings (SSSR count). The van der Waals surface area contributed by atoms with Gasteiger partial charge >= 0.3 is 0 Å². The third kappa shape index (κ3) is 2.11. The maximum absolute atomic E-state index is 10.9. The number of carbonyl (C=O) groups is 2. The van der Waals surface area contributed by atoms with Crippen LogP contribution in [0.1, 0.15) is 27.8 Å². The van der Waals surface area contributed by atoms with Crippen molar-refractivity contribution in [2.75, 3.05) is 7.11 Å². The topological polar surface area (TPSA) is 56.3 Å². The molecule has 0 aliphatic rings. The summed E-state index contributed by atoms with van der Waals surface area (Å²) in [6.07, 6.45) is 0.649. The lowest BCUT2D eigenvalue weighted by molar-refractivity contribution is 0.101. The van der Waals surface area contributed by atoms with Gasteiger partial charge in [0.1, 0.15) is 12.0 Å². The maximum atomic E-state index is 10.9. The van der Waals surface area contributed by atoms with Crippen molar-refractivity contribution in [2.45, 2.75) is 6.92 Å². The van der Waals surface area contributed by atoms with Crippen LogP contribution >= 0.6 is 0 Å². The van der Waals surface area contributed by atoms with E-state index in [1.165, 1.54) is 26.2 Å². The van der Waals surface area contributed by atoms with Crippen LogP contribution in [0, 0.1) is 0 Å². The van der Waals surface area contributed by atoms with Gasteiger partial charge in [0.15, 0.2) is 5.78 Å². The van der Waals surface area contributed by atoms with Gasteiger partial charge in [-0.2, -0.15) is 0 Å². The lowest BCUT2D eigenvalue weighted by Crippen LogP contribution is -2.00. The molecule has 0 spiro atoms. The number of nitrogens with zero attached hydrogens (tertiary/aromatic N) is 1. The molecular formula is C9H9NO3. The van der Waals surface area contributed by atoms with Crippen LogP contribution in [-0.4, -0.2) is 24.2 Å². The largest absolute Gasteiger partial charge is 0.481 e. The molecule has 1 heterocycles. The summed E-state index contributed by atoms with van der Waals surface area (Å²) >= 11 is 0. The predicted molar refractivity (Wildman–Crippen MR) is 46.2 cm³/mol. The van der Waals surface area contributed by atoms with Gasteiger partial charge < -0.3 is 4.74 Å². The minimum atomic E-state index is -0.193. The van der Waals surface area contributed by atoms with E-state index in [1.54, 1.807) is 0 Å². The highest BCUT2D eigenvalue weighted by molar-refractivity contribution is 5.93. The average molecular weight is 179 g/mol.